The van der Waals surface area contributed by atoms with E-state index in [2.05, 4.69) is 4.98 Å². The second-order valence-electron chi connectivity index (χ2n) is 4.98. The average molecular weight is 323 g/mol. The Morgan fingerprint density at radius 2 is 2.00 bits per heavy atom. The molecule has 3 heterocycles. The van der Waals surface area contributed by atoms with Crippen molar-refractivity contribution in [3.8, 4) is 22.0 Å². The van der Waals surface area contributed by atoms with Crippen molar-refractivity contribution in [2.45, 2.75) is 0 Å². The lowest BCUT2D eigenvalue weighted by Gasteiger charge is -2.10. The summed E-state index contributed by atoms with van der Waals surface area (Å²) in [6.07, 6.45) is 5.43. The summed E-state index contributed by atoms with van der Waals surface area (Å²) < 4.78 is 8.65. The number of thiophene rings is 1. The van der Waals surface area contributed by atoms with Gasteiger partial charge in [0.2, 0.25) is 5.65 Å². The molecule has 0 radical (unpaired) electrons. The number of hydrogen-bond acceptors (Lipinski definition) is 4. The van der Waals surface area contributed by atoms with Crippen molar-refractivity contribution in [1.29, 1.82) is 0 Å². The first-order valence-corrected chi connectivity index (χ1v) is 7.93. The zero-order valence-electron chi connectivity index (χ0n) is 12.3. The van der Waals surface area contributed by atoms with Crippen LogP contribution in [0.15, 0.2) is 65.2 Å². The van der Waals surface area contributed by atoms with E-state index >= 15 is 0 Å². The van der Waals surface area contributed by atoms with Crippen LogP contribution in [0.5, 0.6) is 5.75 Å². The van der Waals surface area contributed by atoms with Crippen LogP contribution in [-0.4, -0.2) is 21.1 Å². The van der Waals surface area contributed by atoms with Gasteiger partial charge in [-0.2, -0.15) is 0 Å². The predicted molar refractivity (Wildman–Crippen MR) is 90.7 cm³/mol. The molecule has 4 rings (SSSR count). The number of ether oxygens (including phenoxy) is 1. The highest BCUT2D eigenvalue weighted by atomic mass is 32.1. The van der Waals surface area contributed by atoms with Gasteiger partial charge in [-0.25, -0.2) is 4.98 Å². The Morgan fingerprint density at radius 1 is 1.13 bits per heavy atom. The van der Waals surface area contributed by atoms with Crippen LogP contribution in [0.4, 0.5) is 0 Å². The Bertz CT molecular complexity index is 1030. The maximum Gasteiger partial charge on any atom is 0.298 e. The molecule has 0 amide bonds. The van der Waals surface area contributed by atoms with E-state index in [4.69, 9.17) is 4.74 Å². The van der Waals surface area contributed by atoms with Gasteiger partial charge in [-0.05, 0) is 23.6 Å². The third-order valence-corrected chi connectivity index (χ3v) is 4.53. The minimum absolute atomic E-state index is 0.181. The maximum atomic E-state index is 12.8. The lowest BCUT2D eigenvalue weighted by molar-refractivity contribution is 0.412. The molecule has 0 saturated heterocycles. The van der Waals surface area contributed by atoms with Crippen molar-refractivity contribution in [1.82, 2.24) is 14.0 Å². The molecule has 0 bridgehead atoms. The Kier molecular flexibility index (Phi) is 3.24. The smallest absolute Gasteiger partial charge is 0.298 e. The Labute approximate surface area is 136 Å². The number of imidazole rings is 1. The first-order chi connectivity index (χ1) is 11.3. The third-order valence-electron chi connectivity index (χ3n) is 3.64. The fourth-order valence-corrected chi connectivity index (χ4v) is 3.22. The van der Waals surface area contributed by atoms with Gasteiger partial charge in [0.15, 0.2) is 0 Å². The lowest BCUT2D eigenvalue weighted by Crippen LogP contribution is -2.20. The second kappa shape index (κ2) is 5.40. The third kappa shape index (κ3) is 2.24. The van der Waals surface area contributed by atoms with Gasteiger partial charge in [-0.3, -0.25) is 9.36 Å². The summed E-state index contributed by atoms with van der Waals surface area (Å²) in [7, 11) is 1.59. The minimum Gasteiger partial charge on any atom is -0.495 e. The molecule has 0 aliphatic rings. The number of nitrogens with zero attached hydrogens (tertiary/aromatic N) is 3. The van der Waals surface area contributed by atoms with Crippen LogP contribution >= 0.6 is 11.3 Å². The topological polar surface area (TPSA) is 48.5 Å². The van der Waals surface area contributed by atoms with E-state index in [-0.39, 0.29) is 5.56 Å². The van der Waals surface area contributed by atoms with E-state index in [1.54, 1.807) is 33.6 Å². The highest BCUT2D eigenvalue weighted by Crippen LogP contribution is 2.24. The Balaban J connectivity index is 1.93. The van der Waals surface area contributed by atoms with Gasteiger partial charge < -0.3 is 9.14 Å². The van der Waals surface area contributed by atoms with E-state index < -0.39 is 0 Å². The molecule has 0 aliphatic carbocycles. The molecule has 0 saturated carbocycles. The zero-order chi connectivity index (χ0) is 15.8. The van der Waals surface area contributed by atoms with E-state index in [9.17, 15) is 4.79 Å². The molecule has 0 fully saturated rings. The minimum atomic E-state index is -0.181. The highest BCUT2D eigenvalue weighted by molar-refractivity contribution is 7.13. The summed E-state index contributed by atoms with van der Waals surface area (Å²) in [5.74, 6) is 0.643. The summed E-state index contributed by atoms with van der Waals surface area (Å²) >= 11 is 1.60. The quantitative estimate of drug-likeness (QED) is 0.581. The molecule has 0 N–H and O–H groups in total. The molecular weight excluding hydrogens is 310 g/mol. The van der Waals surface area contributed by atoms with Gasteiger partial charge in [0.05, 0.1) is 23.4 Å². The van der Waals surface area contributed by atoms with Crippen LogP contribution in [0, 0.1) is 0 Å². The molecule has 23 heavy (non-hydrogen) atoms. The average Bonchev–Trinajstić information content (AvgIpc) is 3.24. The first kappa shape index (κ1) is 13.8. The molecule has 0 atom stereocenters. The number of benzene rings is 1. The SMILES string of the molecule is COc1ccccc1-n1ccn2cc(-c3cccs3)nc2c1=O. The summed E-state index contributed by atoms with van der Waals surface area (Å²) in [4.78, 5) is 18.3. The molecule has 0 spiro atoms. The van der Waals surface area contributed by atoms with Crippen molar-refractivity contribution < 1.29 is 4.74 Å². The van der Waals surface area contributed by atoms with Crippen LogP contribution in [0.1, 0.15) is 0 Å². The van der Waals surface area contributed by atoms with Crippen LogP contribution in [0.2, 0.25) is 0 Å². The molecule has 4 aromatic rings. The van der Waals surface area contributed by atoms with E-state index in [0.29, 0.717) is 17.1 Å². The van der Waals surface area contributed by atoms with Crippen LogP contribution in [0.3, 0.4) is 0 Å². The molecule has 1 aromatic carbocycles. The van der Waals surface area contributed by atoms with Crippen molar-refractivity contribution in [2.24, 2.45) is 0 Å². The number of para-hydroxylation sites is 2. The van der Waals surface area contributed by atoms with Crippen LogP contribution < -0.4 is 10.3 Å². The molecule has 114 valence electrons. The molecule has 0 unspecified atom stereocenters. The number of aromatic nitrogens is 3. The summed E-state index contributed by atoms with van der Waals surface area (Å²) in [5.41, 5.74) is 1.71. The lowest BCUT2D eigenvalue weighted by atomic mass is 10.3. The summed E-state index contributed by atoms with van der Waals surface area (Å²) in [6, 6.07) is 11.4. The molecule has 3 aromatic heterocycles. The first-order valence-electron chi connectivity index (χ1n) is 7.05. The monoisotopic (exact) mass is 323 g/mol. The van der Waals surface area contributed by atoms with E-state index in [0.717, 1.165) is 10.6 Å². The van der Waals surface area contributed by atoms with Crippen LogP contribution in [0.25, 0.3) is 21.9 Å². The van der Waals surface area contributed by atoms with E-state index in [1.807, 2.05) is 54.2 Å². The number of rotatable bonds is 3. The van der Waals surface area contributed by atoms with Gasteiger partial charge in [0.1, 0.15) is 5.75 Å². The summed E-state index contributed by atoms with van der Waals surface area (Å²) in [5, 5.41) is 1.99. The largest absolute Gasteiger partial charge is 0.495 e. The normalized spacial score (nSPS) is 11.0. The zero-order valence-corrected chi connectivity index (χ0v) is 13.2. The number of hydrogen-bond donors (Lipinski definition) is 0. The maximum absolute atomic E-state index is 12.8. The predicted octanol–water partition coefficient (Wildman–Crippen LogP) is 3.22. The molecule has 0 aliphatic heterocycles. The van der Waals surface area contributed by atoms with Gasteiger partial charge in [-0.1, -0.05) is 18.2 Å². The van der Waals surface area contributed by atoms with Crippen molar-refractivity contribution >= 4 is 17.0 Å². The number of methoxy groups -OCH3 is 1. The van der Waals surface area contributed by atoms with Crippen molar-refractivity contribution in [3.05, 3.63) is 70.7 Å². The van der Waals surface area contributed by atoms with Gasteiger partial charge in [-0.15, -0.1) is 11.3 Å². The summed E-state index contributed by atoms with van der Waals surface area (Å²) in [6.45, 7) is 0. The van der Waals surface area contributed by atoms with Gasteiger partial charge in [0.25, 0.3) is 5.56 Å². The van der Waals surface area contributed by atoms with E-state index in [1.165, 1.54) is 0 Å². The van der Waals surface area contributed by atoms with Crippen LogP contribution in [-0.2, 0) is 0 Å². The standard InChI is InChI=1S/C17H13N3O2S/c1-22-14-6-3-2-5-13(14)20-9-8-19-11-12(15-7-4-10-23-15)18-16(19)17(20)21/h2-11H,1H3. The molecule has 6 heteroatoms. The number of fused-ring (bicyclic) bond motifs is 1. The van der Waals surface area contributed by atoms with Crippen molar-refractivity contribution in [2.75, 3.05) is 7.11 Å². The Hall–Kier alpha value is -2.86. The van der Waals surface area contributed by atoms with Gasteiger partial charge in [0, 0.05) is 18.6 Å². The van der Waals surface area contributed by atoms with Crippen molar-refractivity contribution in [3.63, 3.8) is 0 Å². The fraction of sp³-hybridized carbons (Fsp3) is 0.0588. The van der Waals surface area contributed by atoms with Gasteiger partial charge >= 0.3 is 0 Å². The molecular formula is C17H13N3O2S. The molecule has 5 nitrogen and oxygen atoms in total. The second-order valence-corrected chi connectivity index (χ2v) is 5.93. The Morgan fingerprint density at radius 3 is 2.78 bits per heavy atom. The highest BCUT2D eigenvalue weighted by Gasteiger charge is 2.12. The fourth-order valence-electron chi connectivity index (χ4n) is 2.54.